The Balaban J connectivity index is 1.43. The summed E-state index contributed by atoms with van der Waals surface area (Å²) in [5, 5.41) is 3.88. The van der Waals surface area contributed by atoms with Gasteiger partial charge >= 0.3 is 0 Å². The molecule has 2 atom stereocenters. The predicted octanol–water partition coefficient (Wildman–Crippen LogP) is 4.02. The summed E-state index contributed by atoms with van der Waals surface area (Å²) < 4.78 is 27.5. The normalized spacial score (nSPS) is 20.3. The molecule has 1 aromatic heterocycles. The summed E-state index contributed by atoms with van der Waals surface area (Å²) in [4.78, 5) is 15.9. The molecule has 2 heterocycles. The fraction of sp³-hybridized carbons (Fsp3) is 0.348. The number of piperidine rings is 1. The third-order valence-corrected chi connectivity index (χ3v) is 7.48. The molecular weight excluding hydrogens is 398 g/mol. The molecule has 1 aliphatic rings. The molecule has 158 valence electrons. The highest BCUT2D eigenvalue weighted by Crippen LogP contribution is 2.27. The fourth-order valence-electron chi connectivity index (χ4n) is 4.32. The molecule has 1 saturated heterocycles. The number of anilines is 1. The van der Waals surface area contributed by atoms with Gasteiger partial charge in [-0.05, 0) is 54.2 Å². The standard InChI is InChI=1S/C23H27N3O3S/c1-16-11-17(2)15-26(14-16)30(28,29)20-9-7-19(8-10-20)25-23(27)12-18-13-24-22-6-4-3-5-21(18)22/h3-10,13,16-17,24H,11-12,14-15H2,1-2H3,(H,25,27). The Labute approximate surface area is 177 Å². The van der Waals surface area contributed by atoms with Gasteiger partial charge in [-0.3, -0.25) is 4.79 Å². The van der Waals surface area contributed by atoms with Crippen molar-refractivity contribution in [2.45, 2.75) is 31.6 Å². The van der Waals surface area contributed by atoms with Crippen LogP contribution < -0.4 is 5.32 Å². The molecule has 30 heavy (non-hydrogen) atoms. The lowest BCUT2D eigenvalue weighted by atomic mass is 9.94. The summed E-state index contributed by atoms with van der Waals surface area (Å²) >= 11 is 0. The third kappa shape index (κ3) is 4.27. The zero-order valence-electron chi connectivity index (χ0n) is 17.3. The van der Waals surface area contributed by atoms with E-state index in [0.717, 1.165) is 22.9 Å². The van der Waals surface area contributed by atoms with Crippen LogP contribution in [-0.2, 0) is 21.2 Å². The van der Waals surface area contributed by atoms with Crippen molar-refractivity contribution >= 4 is 32.5 Å². The second kappa shape index (κ2) is 8.24. The van der Waals surface area contributed by atoms with Crippen LogP contribution in [0.25, 0.3) is 10.9 Å². The van der Waals surface area contributed by atoms with Crippen molar-refractivity contribution in [3.8, 4) is 0 Å². The summed E-state index contributed by atoms with van der Waals surface area (Å²) in [6.07, 6.45) is 3.14. The Bertz CT molecular complexity index is 1140. The van der Waals surface area contributed by atoms with Crippen LogP contribution in [0.1, 0.15) is 25.8 Å². The summed E-state index contributed by atoms with van der Waals surface area (Å²) in [6.45, 7) is 5.28. The van der Waals surface area contributed by atoms with E-state index in [1.54, 1.807) is 28.6 Å². The summed E-state index contributed by atoms with van der Waals surface area (Å²) in [7, 11) is -3.52. The van der Waals surface area contributed by atoms with Crippen LogP contribution in [-0.4, -0.2) is 36.7 Å². The summed E-state index contributed by atoms with van der Waals surface area (Å²) in [6, 6.07) is 14.3. The number of nitrogens with one attached hydrogen (secondary N) is 2. The van der Waals surface area contributed by atoms with E-state index in [2.05, 4.69) is 24.1 Å². The molecule has 2 aromatic carbocycles. The molecule has 0 bridgehead atoms. The Morgan fingerprint density at radius 3 is 2.43 bits per heavy atom. The Morgan fingerprint density at radius 1 is 1.07 bits per heavy atom. The number of rotatable bonds is 5. The average molecular weight is 426 g/mol. The first kappa shape index (κ1) is 20.6. The monoisotopic (exact) mass is 425 g/mol. The quantitative estimate of drug-likeness (QED) is 0.648. The van der Waals surface area contributed by atoms with Crippen molar-refractivity contribution in [1.82, 2.24) is 9.29 Å². The Kier molecular flexibility index (Phi) is 5.66. The van der Waals surface area contributed by atoms with Crippen molar-refractivity contribution in [2.75, 3.05) is 18.4 Å². The smallest absolute Gasteiger partial charge is 0.243 e. The van der Waals surface area contributed by atoms with E-state index in [1.807, 2.05) is 30.5 Å². The number of H-pyrrole nitrogens is 1. The van der Waals surface area contributed by atoms with Gasteiger partial charge in [0.15, 0.2) is 0 Å². The first-order chi connectivity index (χ1) is 14.3. The molecule has 1 fully saturated rings. The van der Waals surface area contributed by atoms with Gasteiger partial charge in [0.25, 0.3) is 0 Å². The van der Waals surface area contributed by atoms with E-state index < -0.39 is 10.0 Å². The molecule has 0 saturated carbocycles. The number of aromatic nitrogens is 1. The van der Waals surface area contributed by atoms with Crippen LogP contribution >= 0.6 is 0 Å². The number of fused-ring (bicyclic) bond motifs is 1. The first-order valence-electron chi connectivity index (χ1n) is 10.3. The highest BCUT2D eigenvalue weighted by Gasteiger charge is 2.31. The minimum atomic E-state index is -3.52. The Morgan fingerprint density at radius 2 is 1.73 bits per heavy atom. The number of amides is 1. The van der Waals surface area contributed by atoms with E-state index in [0.29, 0.717) is 30.6 Å². The first-order valence-corrected chi connectivity index (χ1v) is 11.7. The molecule has 3 aromatic rings. The maximum absolute atomic E-state index is 13.0. The number of hydrogen-bond acceptors (Lipinski definition) is 3. The number of carbonyl (C=O) groups excluding carboxylic acids is 1. The Hall–Kier alpha value is -2.64. The van der Waals surface area contributed by atoms with Gasteiger partial charge in [0.1, 0.15) is 0 Å². The maximum Gasteiger partial charge on any atom is 0.243 e. The van der Waals surface area contributed by atoms with Crippen molar-refractivity contribution in [3.63, 3.8) is 0 Å². The van der Waals surface area contributed by atoms with Gasteiger partial charge in [0, 0.05) is 35.9 Å². The number of para-hydroxylation sites is 1. The zero-order valence-corrected chi connectivity index (χ0v) is 18.1. The third-order valence-electron chi connectivity index (χ3n) is 5.64. The van der Waals surface area contributed by atoms with Gasteiger partial charge in [0.05, 0.1) is 11.3 Å². The molecule has 4 rings (SSSR count). The van der Waals surface area contributed by atoms with E-state index >= 15 is 0 Å². The highest BCUT2D eigenvalue weighted by molar-refractivity contribution is 7.89. The molecule has 6 nitrogen and oxygen atoms in total. The molecule has 7 heteroatoms. The largest absolute Gasteiger partial charge is 0.361 e. The second-order valence-electron chi connectivity index (χ2n) is 8.38. The molecular formula is C23H27N3O3S. The SMILES string of the molecule is CC1CC(C)CN(S(=O)(=O)c2ccc(NC(=O)Cc3c[nH]c4ccccc34)cc2)C1. The van der Waals surface area contributed by atoms with Crippen molar-refractivity contribution < 1.29 is 13.2 Å². The van der Waals surface area contributed by atoms with Crippen LogP contribution in [0.5, 0.6) is 0 Å². The lowest BCUT2D eigenvalue weighted by Crippen LogP contribution is -2.42. The topological polar surface area (TPSA) is 82.3 Å². The number of nitrogens with zero attached hydrogens (tertiary/aromatic N) is 1. The minimum absolute atomic E-state index is 0.144. The highest BCUT2D eigenvalue weighted by atomic mass is 32.2. The summed E-state index contributed by atoms with van der Waals surface area (Å²) in [5.74, 6) is 0.562. The van der Waals surface area contributed by atoms with Gasteiger partial charge in [0.2, 0.25) is 15.9 Å². The minimum Gasteiger partial charge on any atom is -0.361 e. The van der Waals surface area contributed by atoms with E-state index in [-0.39, 0.29) is 17.2 Å². The lowest BCUT2D eigenvalue weighted by Gasteiger charge is -2.34. The number of aromatic amines is 1. The van der Waals surface area contributed by atoms with E-state index in [9.17, 15) is 13.2 Å². The molecule has 0 spiro atoms. The lowest BCUT2D eigenvalue weighted by molar-refractivity contribution is -0.115. The molecule has 2 N–H and O–H groups in total. The molecule has 1 aliphatic heterocycles. The van der Waals surface area contributed by atoms with Crippen molar-refractivity contribution in [3.05, 3.63) is 60.3 Å². The average Bonchev–Trinajstić information content (AvgIpc) is 3.10. The summed E-state index contributed by atoms with van der Waals surface area (Å²) in [5.41, 5.74) is 2.51. The molecule has 2 unspecified atom stereocenters. The van der Waals surface area contributed by atoms with Crippen LogP contribution in [0, 0.1) is 11.8 Å². The zero-order chi connectivity index (χ0) is 21.3. The number of benzene rings is 2. The van der Waals surface area contributed by atoms with Crippen LogP contribution in [0.3, 0.4) is 0 Å². The molecule has 0 radical (unpaired) electrons. The van der Waals surface area contributed by atoms with Gasteiger partial charge in [-0.25, -0.2) is 8.42 Å². The molecule has 1 amide bonds. The van der Waals surface area contributed by atoms with E-state index in [1.165, 1.54) is 0 Å². The van der Waals surface area contributed by atoms with Gasteiger partial charge in [-0.2, -0.15) is 4.31 Å². The number of sulfonamides is 1. The fourth-order valence-corrected chi connectivity index (χ4v) is 6.00. The van der Waals surface area contributed by atoms with Crippen LogP contribution in [0.15, 0.2) is 59.6 Å². The second-order valence-corrected chi connectivity index (χ2v) is 10.3. The van der Waals surface area contributed by atoms with Crippen LogP contribution in [0.2, 0.25) is 0 Å². The van der Waals surface area contributed by atoms with Gasteiger partial charge in [-0.15, -0.1) is 0 Å². The van der Waals surface area contributed by atoms with E-state index in [4.69, 9.17) is 0 Å². The van der Waals surface area contributed by atoms with Gasteiger partial charge in [-0.1, -0.05) is 32.0 Å². The number of carbonyl (C=O) groups is 1. The molecule has 0 aliphatic carbocycles. The predicted molar refractivity (Wildman–Crippen MR) is 119 cm³/mol. The van der Waals surface area contributed by atoms with Gasteiger partial charge < -0.3 is 10.3 Å². The number of hydrogen-bond donors (Lipinski definition) is 2. The maximum atomic E-state index is 13.0. The van der Waals surface area contributed by atoms with Crippen molar-refractivity contribution in [1.29, 1.82) is 0 Å². The van der Waals surface area contributed by atoms with Crippen molar-refractivity contribution in [2.24, 2.45) is 11.8 Å². The van der Waals surface area contributed by atoms with Crippen LogP contribution in [0.4, 0.5) is 5.69 Å².